The number of Topliss-reactive ketones (excluding diaryl/α,β-unsaturated/α-hetero) is 5. The molecule has 0 saturated carbocycles. The minimum atomic E-state index is -1.78. The van der Waals surface area contributed by atoms with Gasteiger partial charge in [-0.05, 0) is 56.1 Å². The van der Waals surface area contributed by atoms with Gasteiger partial charge in [0.05, 0.1) is 37.2 Å². The second-order valence-electron chi connectivity index (χ2n) is 22.2. The topological polar surface area (TPSA) is 335 Å². The minimum Gasteiger partial charge on any atom is -0.394 e. The Morgan fingerprint density at radius 3 is 1.81 bits per heavy atom. The van der Waals surface area contributed by atoms with E-state index in [4.69, 9.17) is 5.73 Å². The molecule has 0 aliphatic carbocycles. The second-order valence-corrected chi connectivity index (χ2v) is 22.2. The molecule has 0 spiro atoms. The number of hydrogen-bond acceptors (Lipinski definition) is 14. The number of aliphatic hydroxyl groups excluding tert-OH is 1. The molecule has 2 aromatic carbocycles. The van der Waals surface area contributed by atoms with E-state index in [0.717, 1.165) is 4.90 Å². The molecule has 81 heavy (non-hydrogen) atoms. The summed E-state index contributed by atoms with van der Waals surface area (Å²) < 4.78 is 0. The fourth-order valence-corrected chi connectivity index (χ4v) is 9.37. The highest BCUT2D eigenvalue weighted by Gasteiger charge is 2.38. The second kappa shape index (κ2) is 32.7. The number of benzene rings is 2. The van der Waals surface area contributed by atoms with Crippen molar-refractivity contribution in [1.82, 2.24) is 36.4 Å². The van der Waals surface area contributed by atoms with Gasteiger partial charge < -0.3 is 47.2 Å². The molecule has 1 fully saturated rings. The Hall–Kier alpha value is -7.49. The normalized spacial score (nSPS) is 24.0. The Morgan fingerprint density at radius 2 is 1.26 bits per heavy atom. The highest BCUT2D eigenvalue weighted by Crippen LogP contribution is 2.21. The van der Waals surface area contributed by atoms with E-state index in [1.807, 2.05) is 13.8 Å². The van der Waals surface area contributed by atoms with Crippen LogP contribution in [0.25, 0.3) is 0 Å². The van der Waals surface area contributed by atoms with Crippen molar-refractivity contribution in [3.8, 4) is 0 Å². The summed E-state index contributed by atoms with van der Waals surface area (Å²) in [7, 11) is 2.61. The van der Waals surface area contributed by atoms with Crippen LogP contribution in [0.3, 0.4) is 0 Å². The lowest BCUT2D eigenvalue weighted by molar-refractivity contribution is -0.144. The molecule has 1 aliphatic rings. The van der Waals surface area contributed by atoms with E-state index in [1.54, 1.807) is 74.5 Å². The first-order valence-electron chi connectivity index (χ1n) is 27.7. The van der Waals surface area contributed by atoms with Crippen LogP contribution in [0.4, 0.5) is 0 Å². The molecule has 22 nitrogen and oxygen atoms in total. The number of rotatable bonds is 16. The predicted octanol–water partition coefficient (Wildman–Crippen LogP) is 1.64. The van der Waals surface area contributed by atoms with E-state index in [-0.39, 0.29) is 50.9 Å². The third kappa shape index (κ3) is 21.8. The molecule has 8 amide bonds. The van der Waals surface area contributed by atoms with Crippen molar-refractivity contribution in [2.24, 2.45) is 35.3 Å². The van der Waals surface area contributed by atoms with Crippen molar-refractivity contribution in [3.05, 3.63) is 71.8 Å². The predicted molar refractivity (Wildman–Crippen MR) is 299 cm³/mol. The standard InChI is InChI=1S/C59H84N8O14/c1-33(2)25-42-49(72)26-35(5)55(77)65-54(34(3)4)50(73)30-41(28-39-17-13-11-14-18-39)57(79)63-43(59(81)66(9)38(8)56(78)64-44(32-68)46(69)21-23-51(60)74)31-53(76)61-37(7)48(71)27-36(6)58(80)67(10)45(29-40-19-15-12-16-20-40)47(70)22-24-52(75)62-42/h11-20,33-38,41-45,54,68H,21-32H2,1-10H3,(H2,60,74)(H,61,76)(H,62,75)(H,63,79)(H,64,78)(H,65,77)/t35-,36-,37+,38+,41-,42+,43+,44+,45+,54+/m1/s1. The Bertz CT molecular complexity index is 2570. The monoisotopic (exact) mass is 1130 g/mol. The summed E-state index contributed by atoms with van der Waals surface area (Å²) in [5.41, 5.74) is 6.48. The average Bonchev–Trinajstić information content (AvgIpc) is 3.41. The minimum absolute atomic E-state index is 0.0671. The molecule has 0 aromatic heterocycles. The third-order valence-corrected chi connectivity index (χ3v) is 14.5. The molecule has 8 N–H and O–H groups in total. The lowest BCUT2D eigenvalue weighted by Gasteiger charge is -2.31. The molecule has 1 heterocycles. The van der Waals surface area contributed by atoms with Crippen LogP contribution in [-0.4, -0.2) is 154 Å². The van der Waals surface area contributed by atoms with E-state index in [0.29, 0.717) is 11.1 Å². The first-order chi connectivity index (χ1) is 38.0. The van der Waals surface area contributed by atoms with Crippen LogP contribution >= 0.6 is 0 Å². The summed E-state index contributed by atoms with van der Waals surface area (Å²) in [4.78, 5) is 181. The number of ketones is 5. The smallest absolute Gasteiger partial charge is 0.246 e. The van der Waals surface area contributed by atoms with Crippen molar-refractivity contribution in [2.45, 2.75) is 168 Å². The Balaban J connectivity index is 2.13. The van der Waals surface area contributed by atoms with Crippen molar-refractivity contribution in [3.63, 3.8) is 0 Å². The maximum Gasteiger partial charge on any atom is 0.246 e. The third-order valence-electron chi connectivity index (χ3n) is 14.5. The molecular formula is C59H84N8O14. The lowest BCUT2D eigenvalue weighted by atomic mass is 9.87. The van der Waals surface area contributed by atoms with E-state index in [9.17, 15) is 67.4 Å². The van der Waals surface area contributed by atoms with Gasteiger partial charge in [0, 0.05) is 76.8 Å². The van der Waals surface area contributed by atoms with Crippen LogP contribution < -0.4 is 32.3 Å². The zero-order valence-corrected chi connectivity index (χ0v) is 48.4. The fraction of sp³-hybridized carbons (Fsp3) is 0.576. The molecule has 0 unspecified atom stereocenters. The van der Waals surface area contributed by atoms with Gasteiger partial charge in [-0.2, -0.15) is 0 Å². The zero-order valence-electron chi connectivity index (χ0n) is 48.4. The number of carbonyl (C=O) groups excluding carboxylic acids is 13. The molecule has 22 heteroatoms. The average molecular weight is 1130 g/mol. The maximum absolute atomic E-state index is 14.7. The summed E-state index contributed by atoms with van der Waals surface area (Å²) >= 11 is 0. The van der Waals surface area contributed by atoms with Gasteiger partial charge in [0.1, 0.15) is 18.1 Å². The Morgan fingerprint density at radius 1 is 0.679 bits per heavy atom. The van der Waals surface area contributed by atoms with Gasteiger partial charge in [-0.3, -0.25) is 62.3 Å². The molecule has 2 aromatic rings. The van der Waals surface area contributed by atoms with Gasteiger partial charge >= 0.3 is 0 Å². The molecular weight excluding hydrogens is 1040 g/mol. The summed E-state index contributed by atoms with van der Waals surface area (Å²) in [6.45, 7) is 11.8. The molecule has 10 atom stereocenters. The Kier molecular flexibility index (Phi) is 27.4. The number of nitrogens with two attached hydrogens (primary N) is 1. The quantitative estimate of drug-likeness (QED) is 0.126. The largest absolute Gasteiger partial charge is 0.394 e. The molecule has 0 radical (unpaired) electrons. The first kappa shape index (κ1) is 67.8. The highest BCUT2D eigenvalue weighted by molar-refractivity contribution is 6.00. The number of hydrogen-bond donors (Lipinski definition) is 7. The van der Waals surface area contributed by atoms with Crippen molar-refractivity contribution >= 4 is 76.2 Å². The van der Waals surface area contributed by atoms with E-state index < -0.39 is 174 Å². The van der Waals surface area contributed by atoms with E-state index >= 15 is 0 Å². The van der Waals surface area contributed by atoms with Crippen molar-refractivity contribution in [2.75, 3.05) is 20.7 Å². The van der Waals surface area contributed by atoms with Crippen molar-refractivity contribution < 1.29 is 67.4 Å². The van der Waals surface area contributed by atoms with Gasteiger partial charge in [-0.15, -0.1) is 0 Å². The van der Waals surface area contributed by atoms with Crippen LogP contribution in [0.1, 0.15) is 124 Å². The molecule has 444 valence electrons. The fourth-order valence-electron chi connectivity index (χ4n) is 9.37. The first-order valence-corrected chi connectivity index (χ1v) is 27.7. The number of primary amides is 1. The summed E-state index contributed by atoms with van der Waals surface area (Å²) in [6.07, 6.45) is -3.26. The van der Waals surface area contributed by atoms with E-state index in [2.05, 4.69) is 26.6 Å². The summed E-state index contributed by atoms with van der Waals surface area (Å²) in [5.74, 6) is -13.1. The maximum atomic E-state index is 14.7. The van der Waals surface area contributed by atoms with Crippen LogP contribution in [0.2, 0.25) is 0 Å². The number of nitrogens with zero attached hydrogens (tertiary/aromatic N) is 2. The molecule has 0 bridgehead atoms. The van der Waals surface area contributed by atoms with Crippen LogP contribution in [0, 0.1) is 29.6 Å². The van der Waals surface area contributed by atoms with Gasteiger partial charge in [-0.25, -0.2) is 0 Å². The number of carbonyl (C=O) groups is 13. The number of likely N-dealkylation sites (N-methyl/N-ethyl adjacent to an activating group) is 2. The van der Waals surface area contributed by atoms with Crippen LogP contribution in [0.5, 0.6) is 0 Å². The van der Waals surface area contributed by atoms with Gasteiger partial charge in [0.15, 0.2) is 28.9 Å². The van der Waals surface area contributed by atoms with Gasteiger partial charge in [0.25, 0.3) is 0 Å². The molecule has 3 rings (SSSR count). The SMILES string of the molecule is CC(C)C[C@@H]1NC(=O)CCC(=O)[C@H](Cc2ccccc2)N(C)C(=O)[C@H](C)CC(=O)[C@H](C)NC(=O)C[C@@H](C(=O)N(C)[C@@H](C)C(=O)N[C@@H](CO)C(=O)CCC(N)=O)NC(=O)[C@H](Cc2ccccc2)CC(=O)[C@H](C(C)C)NC(=O)[C@H](C)CC1=O. The van der Waals surface area contributed by atoms with Gasteiger partial charge in [0.2, 0.25) is 47.3 Å². The summed E-state index contributed by atoms with van der Waals surface area (Å²) in [6, 6.07) is 8.20. The van der Waals surface area contributed by atoms with Crippen molar-refractivity contribution in [1.29, 1.82) is 0 Å². The number of amides is 8. The lowest BCUT2D eigenvalue weighted by Crippen LogP contribution is -2.57. The van der Waals surface area contributed by atoms with Gasteiger partial charge in [-0.1, -0.05) is 102 Å². The number of nitrogens with one attached hydrogen (secondary N) is 5. The molecule has 1 aliphatic heterocycles. The van der Waals surface area contributed by atoms with Crippen LogP contribution in [0.15, 0.2) is 60.7 Å². The highest BCUT2D eigenvalue weighted by atomic mass is 16.3. The zero-order chi connectivity index (χ0) is 60.8. The number of aliphatic hydroxyl groups is 1. The molecule has 1 saturated heterocycles. The summed E-state index contributed by atoms with van der Waals surface area (Å²) in [5, 5.41) is 22.9. The Labute approximate surface area is 474 Å². The van der Waals surface area contributed by atoms with Crippen LogP contribution in [-0.2, 0) is 75.2 Å². The van der Waals surface area contributed by atoms with E-state index in [1.165, 1.54) is 46.7 Å².